The Balaban J connectivity index is 1.95. The fourth-order valence-corrected chi connectivity index (χ4v) is 3.22. The van der Waals surface area contributed by atoms with Crippen LogP contribution >= 0.6 is 0 Å². The van der Waals surface area contributed by atoms with E-state index in [1.165, 1.54) is 6.20 Å². The maximum absolute atomic E-state index is 11.6. The highest BCUT2D eigenvalue weighted by Crippen LogP contribution is 2.33. The molecule has 3 aromatic rings. The summed E-state index contributed by atoms with van der Waals surface area (Å²) in [5, 5.41) is 25.2. The SMILES string of the molecule is CCCC[C@H](Cc1ccc(O)cc1)Nc1c([N+](=O)[O-])cnc2ccccc12. The molecule has 1 aromatic heterocycles. The molecule has 140 valence electrons. The first kappa shape index (κ1) is 18.6. The molecule has 0 radical (unpaired) electrons. The molecule has 3 rings (SSSR count). The molecule has 0 aliphatic heterocycles. The van der Waals surface area contributed by atoms with E-state index in [4.69, 9.17) is 0 Å². The number of hydrogen-bond donors (Lipinski definition) is 2. The summed E-state index contributed by atoms with van der Waals surface area (Å²) in [6.45, 7) is 2.13. The fourth-order valence-electron chi connectivity index (χ4n) is 3.22. The van der Waals surface area contributed by atoms with Crippen molar-refractivity contribution < 1.29 is 10.0 Å². The maximum Gasteiger partial charge on any atom is 0.311 e. The number of rotatable bonds is 8. The highest BCUT2D eigenvalue weighted by atomic mass is 16.6. The molecule has 2 aromatic carbocycles. The molecular formula is C21H23N3O3. The Labute approximate surface area is 158 Å². The third kappa shape index (κ3) is 4.53. The molecule has 0 unspecified atom stereocenters. The number of nitro groups is 1. The molecule has 0 saturated heterocycles. The third-order valence-corrected chi connectivity index (χ3v) is 4.63. The van der Waals surface area contributed by atoms with Crippen molar-refractivity contribution in [1.82, 2.24) is 4.98 Å². The number of phenols is 1. The number of unbranched alkanes of at least 4 members (excludes halogenated alkanes) is 1. The maximum atomic E-state index is 11.6. The van der Waals surface area contributed by atoms with E-state index >= 15 is 0 Å². The van der Waals surface area contributed by atoms with Crippen LogP contribution < -0.4 is 5.32 Å². The second-order valence-corrected chi connectivity index (χ2v) is 6.65. The van der Waals surface area contributed by atoms with Crippen LogP contribution in [0.15, 0.2) is 54.7 Å². The highest BCUT2D eigenvalue weighted by molar-refractivity contribution is 5.95. The van der Waals surface area contributed by atoms with E-state index in [-0.39, 0.29) is 22.4 Å². The van der Waals surface area contributed by atoms with Gasteiger partial charge in [0.05, 0.1) is 10.4 Å². The first-order valence-electron chi connectivity index (χ1n) is 9.15. The van der Waals surface area contributed by atoms with Gasteiger partial charge in [0.25, 0.3) is 0 Å². The van der Waals surface area contributed by atoms with E-state index in [2.05, 4.69) is 17.2 Å². The molecule has 0 fully saturated rings. The first-order chi connectivity index (χ1) is 13.1. The quantitative estimate of drug-likeness (QED) is 0.430. The van der Waals surface area contributed by atoms with Gasteiger partial charge in [0.2, 0.25) is 0 Å². The predicted octanol–water partition coefficient (Wildman–Crippen LogP) is 5.06. The molecule has 1 heterocycles. The molecule has 27 heavy (non-hydrogen) atoms. The van der Waals surface area contributed by atoms with Crippen LogP contribution in [-0.2, 0) is 6.42 Å². The van der Waals surface area contributed by atoms with Gasteiger partial charge in [0, 0.05) is 11.4 Å². The largest absolute Gasteiger partial charge is 0.508 e. The second kappa shape index (κ2) is 8.49. The zero-order valence-electron chi connectivity index (χ0n) is 15.3. The summed E-state index contributed by atoms with van der Waals surface area (Å²) in [5.41, 5.74) is 2.30. The third-order valence-electron chi connectivity index (χ3n) is 4.63. The predicted molar refractivity (Wildman–Crippen MR) is 107 cm³/mol. The minimum absolute atomic E-state index is 0.0131. The number of phenolic OH excluding ortho intramolecular Hbond substituents is 1. The van der Waals surface area contributed by atoms with Crippen LogP contribution in [0.4, 0.5) is 11.4 Å². The average Bonchev–Trinajstić information content (AvgIpc) is 2.67. The van der Waals surface area contributed by atoms with Gasteiger partial charge in [-0.15, -0.1) is 0 Å². The van der Waals surface area contributed by atoms with Crippen molar-refractivity contribution in [1.29, 1.82) is 0 Å². The monoisotopic (exact) mass is 365 g/mol. The van der Waals surface area contributed by atoms with Crippen LogP contribution in [0.25, 0.3) is 10.9 Å². The van der Waals surface area contributed by atoms with Gasteiger partial charge in [-0.05, 0) is 36.6 Å². The van der Waals surface area contributed by atoms with Crippen LogP contribution in [0.3, 0.4) is 0 Å². The van der Waals surface area contributed by atoms with E-state index in [0.29, 0.717) is 12.1 Å². The molecule has 6 heteroatoms. The van der Waals surface area contributed by atoms with Gasteiger partial charge in [0.15, 0.2) is 0 Å². The zero-order chi connectivity index (χ0) is 19.2. The first-order valence-corrected chi connectivity index (χ1v) is 9.15. The number of hydrogen-bond acceptors (Lipinski definition) is 5. The average molecular weight is 365 g/mol. The summed E-state index contributed by atoms with van der Waals surface area (Å²) in [4.78, 5) is 15.4. The van der Waals surface area contributed by atoms with Gasteiger partial charge in [-0.25, -0.2) is 4.98 Å². The van der Waals surface area contributed by atoms with E-state index in [9.17, 15) is 15.2 Å². The van der Waals surface area contributed by atoms with Crippen molar-refractivity contribution in [3.63, 3.8) is 0 Å². The van der Waals surface area contributed by atoms with Crippen molar-refractivity contribution in [3.05, 3.63) is 70.4 Å². The lowest BCUT2D eigenvalue weighted by Gasteiger charge is -2.21. The Bertz CT molecular complexity index is 926. The lowest BCUT2D eigenvalue weighted by Crippen LogP contribution is -2.23. The van der Waals surface area contributed by atoms with Gasteiger partial charge in [-0.2, -0.15) is 0 Å². The summed E-state index contributed by atoms with van der Waals surface area (Å²) >= 11 is 0. The minimum atomic E-state index is -0.390. The van der Waals surface area contributed by atoms with E-state index in [0.717, 1.165) is 35.7 Å². The number of benzene rings is 2. The molecule has 0 aliphatic rings. The van der Waals surface area contributed by atoms with Gasteiger partial charge in [-0.3, -0.25) is 10.1 Å². The molecule has 0 aliphatic carbocycles. The molecule has 0 spiro atoms. The lowest BCUT2D eigenvalue weighted by atomic mass is 10.00. The summed E-state index contributed by atoms with van der Waals surface area (Å²) < 4.78 is 0. The zero-order valence-corrected chi connectivity index (χ0v) is 15.3. The van der Waals surface area contributed by atoms with E-state index in [1.807, 2.05) is 36.4 Å². The number of aromatic nitrogens is 1. The topological polar surface area (TPSA) is 88.3 Å². The molecule has 6 nitrogen and oxygen atoms in total. The van der Waals surface area contributed by atoms with Crippen LogP contribution in [0, 0.1) is 10.1 Å². The van der Waals surface area contributed by atoms with Gasteiger partial charge < -0.3 is 10.4 Å². The van der Waals surface area contributed by atoms with Crippen molar-refractivity contribution in [2.45, 2.75) is 38.6 Å². The molecule has 2 N–H and O–H groups in total. The standard InChI is InChI=1S/C21H23N3O3/c1-2-3-6-16(13-15-9-11-17(25)12-10-15)23-21-18-7-4-5-8-19(18)22-14-20(21)24(26)27/h4-5,7-12,14,16,25H,2-3,6,13H2,1H3,(H,22,23)/t16-/m1/s1. The summed E-state index contributed by atoms with van der Waals surface area (Å²) in [6.07, 6.45) is 5.00. The Morgan fingerprint density at radius 2 is 1.93 bits per heavy atom. The van der Waals surface area contributed by atoms with E-state index < -0.39 is 0 Å². The Hall–Kier alpha value is -3.15. The summed E-state index contributed by atoms with van der Waals surface area (Å²) in [6, 6.07) is 14.6. The summed E-state index contributed by atoms with van der Waals surface area (Å²) in [5.74, 6) is 0.229. The van der Waals surface area contributed by atoms with Crippen molar-refractivity contribution in [2.75, 3.05) is 5.32 Å². The Morgan fingerprint density at radius 1 is 1.19 bits per heavy atom. The number of aromatic hydroxyl groups is 1. The van der Waals surface area contributed by atoms with Crippen LogP contribution in [-0.4, -0.2) is 21.1 Å². The highest BCUT2D eigenvalue weighted by Gasteiger charge is 2.21. The normalized spacial score (nSPS) is 12.0. The number of anilines is 1. The molecular weight excluding hydrogens is 342 g/mol. The number of nitrogens with one attached hydrogen (secondary N) is 1. The molecule has 0 saturated carbocycles. The van der Waals surface area contributed by atoms with E-state index in [1.54, 1.807) is 12.1 Å². The van der Waals surface area contributed by atoms with Crippen LogP contribution in [0.5, 0.6) is 5.75 Å². The lowest BCUT2D eigenvalue weighted by molar-refractivity contribution is -0.384. The molecule has 1 atom stereocenters. The minimum Gasteiger partial charge on any atom is -0.508 e. The van der Waals surface area contributed by atoms with Gasteiger partial charge >= 0.3 is 5.69 Å². The van der Waals surface area contributed by atoms with Crippen molar-refractivity contribution in [2.24, 2.45) is 0 Å². The van der Waals surface area contributed by atoms with Gasteiger partial charge in [-0.1, -0.05) is 50.1 Å². The molecule has 0 bridgehead atoms. The Morgan fingerprint density at radius 3 is 2.63 bits per heavy atom. The number of nitrogens with zero attached hydrogens (tertiary/aromatic N) is 2. The summed E-state index contributed by atoms with van der Waals surface area (Å²) in [7, 11) is 0. The van der Waals surface area contributed by atoms with Crippen molar-refractivity contribution in [3.8, 4) is 5.75 Å². The smallest absolute Gasteiger partial charge is 0.311 e. The van der Waals surface area contributed by atoms with Crippen molar-refractivity contribution >= 4 is 22.3 Å². The van der Waals surface area contributed by atoms with Crippen LogP contribution in [0.2, 0.25) is 0 Å². The Kier molecular flexibility index (Phi) is 5.86. The number of para-hydroxylation sites is 1. The van der Waals surface area contributed by atoms with Gasteiger partial charge in [0.1, 0.15) is 17.6 Å². The second-order valence-electron chi connectivity index (χ2n) is 6.65. The number of pyridine rings is 1. The van der Waals surface area contributed by atoms with Crippen LogP contribution in [0.1, 0.15) is 31.7 Å². The fraction of sp³-hybridized carbons (Fsp3) is 0.286. The number of fused-ring (bicyclic) bond motifs is 1. The molecule has 0 amide bonds.